The summed E-state index contributed by atoms with van der Waals surface area (Å²) in [5.41, 5.74) is 0.493. The summed E-state index contributed by atoms with van der Waals surface area (Å²) >= 11 is 0. The highest BCUT2D eigenvalue weighted by Gasteiger charge is 2.42. The molecule has 2 fully saturated rings. The zero-order valence-electron chi connectivity index (χ0n) is 14.2. The third-order valence-electron chi connectivity index (χ3n) is 5.57. The number of likely N-dealkylation sites (tertiary alicyclic amines) is 1. The zero-order chi connectivity index (χ0) is 15.3. The van der Waals surface area contributed by atoms with Gasteiger partial charge >= 0.3 is 5.97 Å². The summed E-state index contributed by atoms with van der Waals surface area (Å²) < 4.78 is 5.29. The molecule has 0 aromatic heterocycles. The van der Waals surface area contributed by atoms with E-state index in [0.29, 0.717) is 18.4 Å². The highest BCUT2D eigenvalue weighted by atomic mass is 16.5. The van der Waals surface area contributed by atoms with Crippen molar-refractivity contribution in [2.24, 2.45) is 5.41 Å². The van der Waals surface area contributed by atoms with Gasteiger partial charge < -0.3 is 4.74 Å². The van der Waals surface area contributed by atoms with Crippen molar-refractivity contribution in [3.63, 3.8) is 0 Å². The first-order valence-electron chi connectivity index (χ1n) is 8.88. The number of hydrogen-bond acceptors (Lipinski definition) is 3. The summed E-state index contributed by atoms with van der Waals surface area (Å²) in [5, 5.41) is 0. The summed E-state index contributed by atoms with van der Waals surface area (Å²) in [6.07, 6.45) is 10.6. The second kappa shape index (κ2) is 7.13. The van der Waals surface area contributed by atoms with Crippen LogP contribution in [0.4, 0.5) is 0 Å². The second-order valence-electron chi connectivity index (χ2n) is 7.77. The van der Waals surface area contributed by atoms with E-state index in [1.54, 1.807) is 0 Å². The lowest BCUT2D eigenvalue weighted by atomic mass is 9.80. The summed E-state index contributed by atoms with van der Waals surface area (Å²) in [5.74, 6) is 0.00257. The average molecular weight is 295 g/mol. The Bertz CT molecular complexity index is 347. The van der Waals surface area contributed by atoms with Crippen LogP contribution in [0, 0.1) is 5.41 Å². The van der Waals surface area contributed by atoms with Crippen LogP contribution < -0.4 is 0 Å². The minimum absolute atomic E-state index is 0.00257. The standard InChI is InChI=1S/C18H33NO2/c1-4-21-16(20)15-18(19-13-6-5-7-14-19)10-8-9-17(2,3)11-12-18/h4-15H2,1-3H3. The first-order valence-corrected chi connectivity index (χ1v) is 8.88. The van der Waals surface area contributed by atoms with E-state index in [0.717, 1.165) is 12.8 Å². The van der Waals surface area contributed by atoms with Crippen molar-refractivity contribution in [3.05, 3.63) is 0 Å². The fourth-order valence-electron chi connectivity index (χ4n) is 4.17. The number of nitrogens with zero attached hydrogens (tertiary/aromatic N) is 1. The molecule has 1 aliphatic carbocycles. The Morgan fingerprint density at radius 2 is 1.71 bits per heavy atom. The van der Waals surface area contributed by atoms with Crippen molar-refractivity contribution < 1.29 is 9.53 Å². The van der Waals surface area contributed by atoms with E-state index in [2.05, 4.69) is 18.7 Å². The van der Waals surface area contributed by atoms with Gasteiger partial charge in [-0.3, -0.25) is 9.69 Å². The molecule has 1 heterocycles. The molecule has 1 saturated carbocycles. The molecule has 122 valence electrons. The summed E-state index contributed by atoms with van der Waals surface area (Å²) in [4.78, 5) is 14.8. The van der Waals surface area contributed by atoms with Gasteiger partial charge in [0, 0.05) is 5.54 Å². The molecule has 2 aliphatic rings. The highest BCUT2D eigenvalue weighted by molar-refractivity contribution is 5.71. The number of rotatable bonds is 4. The predicted octanol–water partition coefficient (Wildman–Crippen LogP) is 4.15. The Kier molecular flexibility index (Phi) is 5.70. The Balaban J connectivity index is 2.14. The van der Waals surface area contributed by atoms with Gasteiger partial charge in [0.2, 0.25) is 0 Å². The molecular formula is C18H33NO2. The van der Waals surface area contributed by atoms with Crippen LogP contribution in [0.1, 0.15) is 78.6 Å². The Morgan fingerprint density at radius 3 is 2.38 bits per heavy atom. The molecular weight excluding hydrogens is 262 g/mol. The minimum atomic E-state index is 0.00257. The Morgan fingerprint density at radius 1 is 1.00 bits per heavy atom. The molecule has 1 atom stereocenters. The average Bonchev–Trinajstić information content (AvgIpc) is 2.60. The molecule has 21 heavy (non-hydrogen) atoms. The van der Waals surface area contributed by atoms with Gasteiger partial charge in [-0.2, -0.15) is 0 Å². The van der Waals surface area contributed by atoms with E-state index in [9.17, 15) is 4.79 Å². The number of carbonyl (C=O) groups is 1. The minimum Gasteiger partial charge on any atom is -0.466 e. The molecule has 0 radical (unpaired) electrons. The van der Waals surface area contributed by atoms with Crippen LogP contribution in [-0.2, 0) is 9.53 Å². The van der Waals surface area contributed by atoms with E-state index in [4.69, 9.17) is 4.74 Å². The smallest absolute Gasteiger partial charge is 0.307 e. The van der Waals surface area contributed by atoms with Crippen LogP contribution in [0.5, 0.6) is 0 Å². The second-order valence-corrected chi connectivity index (χ2v) is 7.77. The molecule has 2 rings (SSSR count). The normalized spacial score (nSPS) is 30.6. The number of ether oxygens (including phenoxy) is 1. The molecule has 0 aromatic carbocycles. The van der Waals surface area contributed by atoms with E-state index in [1.165, 1.54) is 51.6 Å². The molecule has 3 heteroatoms. The topological polar surface area (TPSA) is 29.5 Å². The SMILES string of the molecule is CCOC(=O)CC1(N2CCCCC2)CCCC(C)(C)CC1. The van der Waals surface area contributed by atoms with Crippen LogP contribution in [0.15, 0.2) is 0 Å². The van der Waals surface area contributed by atoms with Gasteiger partial charge in [0.05, 0.1) is 13.0 Å². The first kappa shape index (κ1) is 16.8. The molecule has 1 saturated heterocycles. The summed E-state index contributed by atoms with van der Waals surface area (Å²) in [6, 6.07) is 0. The lowest BCUT2D eigenvalue weighted by Crippen LogP contribution is -2.52. The molecule has 0 bridgehead atoms. The van der Waals surface area contributed by atoms with Gasteiger partial charge in [0.15, 0.2) is 0 Å². The predicted molar refractivity (Wildman–Crippen MR) is 86.3 cm³/mol. The van der Waals surface area contributed by atoms with Gasteiger partial charge in [0.25, 0.3) is 0 Å². The zero-order valence-corrected chi connectivity index (χ0v) is 14.2. The van der Waals surface area contributed by atoms with Crippen molar-refractivity contribution in [2.75, 3.05) is 19.7 Å². The van der Waals surface area contributed by atoms with E-state index >= 15 is 0 Å². The summed E-state index contributed by atoms with van der Waals surface area (Å²) in [7, 11) is 0. The van der Waals surface area contributed by atoms with Crippen LogP contribution >= 0.6 is 0 Å². The fraction of sp³-hybridized carbons (Fsp3) is 0.944. The van der Waals surface area contributed by atoms with Crippen molar-refractivity contribution in [1.29, 1.82) is 0 Å². The number of hydrogen-bond donors (Lipinski definition) is 0. The Hall–Kier alpha value is -0.570. The maximum absolute atomic E-state index is 12.2. The number of piperidine rings is 1. The lowest BCUT2D eigenvalue weighted by molar-refractivity contribution is -0.147. The third-order valence-corrected chi connectivity index (χ3v) is 5.57. The maximum Gasteiger partial charge on any atom is 0.307 e. The molecule has 0 N–H and O–H groups in total. The van der Waals surface area contributed by atoms with Crippen molar-refractivity contribution in [3.8, 4) is 0 Å². The van der Waals surface area contributed by atoms with E-state index in [-0.39, 0.29) is 11.5 Å². The van der Waals surface area contributed by atoms with Crippen molar-refractivity contribution >= 4 is 5.97 Å². The molecule has 0 spiro atoms. The van der Waals surface area contributed by atoms with Crippen LogP contribution in [0.25, 0.3) is 0 Å². The van der Waals surface area contributed by atoms with Gasteiger partial charge in [-0.1, -0.05) is 26.7 Å². The van der Waals surface area contributed by atoms with Crippen molar-refractivity contribution in [1.82, 2.24) is 4.90 Å². The highest BCUT2D eigenvalue weighted by Crippen LogP contribution is 2.43. The van der Waals surface area contributed by atoms with Crippen LogP contribution in [0.2, 0.25) is 0 Å². The van der Waals surface area contributed by atoms with Crippen molar-refractivity contribution in [2.45, 2.75) is 84.1 Å². The number of esters is 1. The van der Waals surface area contributed by atoms with Crippen LogP contribution in [-0.4, -0.2) is 36.1 Å². The molecule has 0 aromatic rings. The summed E-state index contributed by atoms with van der Waals surface area (Å²) in [6.45, 7) is 9.50. The van der Waals surface area contributed by atoms with Crippen LogP contribution in [0.3, 0.4) is 0 Å². The van der Waals surface area contributed by atoms with E-state index in [1.807, 2.05) is 6.92 Å². The van der Waals surface area contributed by atoms with E-state index < -0.39 is 0 Å². The molecule has 0 amide bonds. The van der Waals surface area contributed by atoms with Gasteiger partial charge in [-0.25, -0.2) is 0 Å². The molecule has 1 unspecified atom stereocenters. The van der Waals surface area contributed by atoms with Gasteiger partial charge in [-0.15, -0.1) is 0 Å². The molecule has 3 nitrogen and oxygen atoms in total. The lowest BCUT2D eigenvalue weighted by Gasteiger charge is -2.45. The fourth-order valence-corrected chi connectivity index (χ4v) is 4.17. The maximum atomic E-state index is 12.2. The Labute approximate surface area is 130 Å². The quantitative estimate of drug-likeness (QED) is 0.576. The molecule has 1 aliphatic heterocycles. The largest absolute Gasteiger partial charge is 0.466 e. The third kappa shape index (κ3) is 4.45. The first-order chi connectivity index (χ1) is 9.97. The monoisotopic (exact) mass is 295 g/mol. The van der Waals surface area contributed by atoms with Gasteiger partial charge in [0.1, 0.15) is 0 Å². The van der Waals surface area contributed by atoms with Gasteiger partial charge in [-0.05, 0) is 64.0 Å². The number of carbonyl (C=O) groups excluding carboxylic acids is 1.